The van der Waals surface area contributed by atoms with Crippen molar-refractivity contribution < 1.29 is 14.3 Å². The number of fused-ring (bicyclic) bond motifs is 2. The van der Waals surface area contributed by atoms with E-state index in [1.54, 1.807) is 0 Å². The molecule has 3 aromatic heterocycles. The molecular formula is C26H30N4O3. The number of hydrogen-bond acceptors (Lipinski definition) is 7. The van der Waals surface area contributed by atoms with Crippen LogP contribution < -0.4 is 10.5 Å². The molecule has 1 saturated carbocycles. The summed E-state index contributed by atoms with van der Waals surface area (Å²) in [6, 6.07) is 5.77. The number of nitrogens with two attached hydrogens (primary N) is 1. The second-order valence-electron chi connectivity index (χ2n) is 9.60. The number of nitrogens with zero attached hydrogens (tertiary/aromatic N) is 3. The van der Waals surface area contributed by atoms with E-state index in [0.717, 1.165) is 52.7 Å². The number of hydrogen-bond donors (Lipinski definition) is 1. The van der Waals surface area contributed by atoms with Gasteiger partial charge in [-0.3, -0.25) is 9.97 Å². The Hall–Kier alpha value is -3.06. The molecule has 7 heteroatoms. The third kappa shape index (κ3) is 4.06. The largest absolute Gasteiger partial charge is 0.474 e. The molecule has 4 heterocycles. The van der Waals surface area contributed by atoms with Gasteiger partial charge in [-0.05, 0) is 62.3 Å². The molecule has 0 unspecified atom stereocenters. The van der Waals surface area contributed by atoms with Crippen LogP contribution in [0.25, 0.3) is 10.8 Å². The van der Waals surface area contributed by atoms with Crippen molar-refractivity contribution in [2.45, 2.75) is 77.0 Å². The van der Waals surface area contributed by atoms with Gasteiger partial charge in [0.25, 0.3) is 0 Å². The number of pyridine rings is 3. The van der Waals surface area contributed by atoms with Crippen LogP contribution in [0.5, 0.6) is 5.88 Å². The smallest absolute Gasteiger partial charge is 0.340 e. The molecule has 1 aliphatic carbocycles. The molecule has 3 aromatic rings. The van der Waals surface area contributed by atoms with E-state index in [1.165, 1.54) is 0 Å². The normalized spacial score (nSPS) is 21.9. The standard InChI is InChI=1S/C26H30N4O3/c1-5-26(4,27)22-13-29-24(33-18-7-8-18)21-12-28-17(11-20(21)22)10-16-6-9-19-23(30-16)14(2)15(3)32-25(19)31/h6,9,11-15,18H,5,7-8,10,27H2,1-4H3/t14-,15+,26-/m0/s1. The van der Waals surface area contributed by atoms with E-state index >= 15 is 0 Å². The first kappa shape index (κ1) is 21.8. The molecule has 33 heavy (non-hydrogen) atoms. The van der Waals surface area contributed by atoms with Gasteiger partial charge in [-0.2, -0.15) is 0 Å². The monoisotopic (exact) mass is 446 g/mol. The van der Waals surface area contributed by atoms with E-state index in [2.05, 4.69) is 18.0 Å². The second-order valence-corrected chi connectivity index (χ2v) is 9.60. The van der Waals surface area contributed by atoms with Crippen molar-refractivity contribution in [3.63, 3.8) is 0 Å². The fourth-order valence-electron chi connectivity index (χ4n) is 4.21. The average molecular weight is 447 g/mol. The molecule has 2 N–H and O–H groups in total. The molecule has 0 bridgehead atoms. The van der Waals surface area contributed by atoms with Crippen molar-refractivity contribution >= 4 is 16.7 Å². The second kappa shape index (κ2) is 8.06. The zero-order valence-electron chi connectivity index (χ0n) is 19.6. The predicted octanol–water partition coefficient (Wildman–Crippen LogP) is 4.40. The molecule has 1 aliphatic heterocycles. The average Bonchev–Trinajstić information content (AvgIpc) is 3.61. The Kier molecular flexibility index (Phi) is 5.32. The van der Waals surface area contributed by atoms with Crippen molar-refractivity contribution in [1.29, 1.82) is 0 Å². The van der Waals surface area contributed by atoms with Gasteiger partial charge in [-0.1, -0.05) is 13.8 Å². The summed E-state index contributed by atoms with van der Waals surface area (Å²) >= 11 is 0. The molecule has 5 rings (SSSR count). The molecular weight excluding hydrogens is 416 g/mol. The van der Waals surface area contributed by atoms with Gasteiger partial charge < -0.3 is 15.2 Å². The van der Waals surface area contributed by atoms with Crippen LogP contribution in [0.1, 0.15) is 85.9 Å². The van der Waals surface area contributed by atoms with E-state index < -0.39 is 5.54 Å². The van der Waals surface area contributed by atoms with Crippen LogP contribution in [0, 0.1) is 0 Å². The van der Waals surface area contributed by atoms with Crippen molar-refractivity contribution in [2.24, 2.45) is 5.73 Å². The Morgan fingerprint density at radius 2 is 1.94 bits per heavy atom. The number of carbonyl (C=O) groups excluding carboxylic acids is 1. The highest BCUT2D eigenvalue weighted by atomic mass is 16.5. The molecule has 0 spiro atoms. The Morgan fingerprint density at radius 1 is 1.15 bits per heavy atom. The number of aromatic nitrogens is 3. The Labute approximate surface area is 193 Å². The van der Waals surface area contributed by atoms with Crippen LogP contribution in [0.15, 0.2) is 30.6 Å². The first-order valence-corrected chi connectivity index (χ1v) is 11.7. The predicted molar refractivity (Wildman–Crippen MR) is 125 cm³/mol. The lowest BCUT2D eigenvalue weighted by Gasteiger charge is -2.27. The topological polar surface area (TPSA) is 100 Å². The highest BCUT2D eigenvalue weighted by molar-refractivity contribution is 5.92. The van der Waals surface area contributed by atoms with E-state index in [0.29, 0.717) is 17.9 Å². The van der Waals surface area contributed by atoms with Crippen LogP contribution in [0.3, 0.4) is 0 Å². The molecule has 172 valence electrons. The van der Waals surface area contributed by atoms with Gasteiger partial charge in [0, 0.05) is 41.7 Å². The zero-order valence-corrected chi connectivity index (χ0v) is 19.6. The van der Waals surface area contributed by atoms with Crippen LogP contribution in [0.2, 0.25) is 0 Å². The number of rotatable bonds is 6. The molecule has 0 amide bonds. The van der Waals surface area contributed by atoms with Gasteiger partial charge in [0.15, 0.2) is 0 Å². The number of carbonyl (C=O) groups is 1. The maximum absolute atomic E-state index is 12.2. The van der Waals surface area contributed by atoms with Crippen molar-refractivity contribution in [2.75, 3.05) is 0 Å². The first-order valence-electron chi connectivity index (χ1n) is 11.7. The Balaban J connectivity index is 1.54. The van der Waals surface area contributed by atoms with Crippen molar-refractivity contribution in [1.82, 2.24) is 15.0 Å². The summed E-state index contributed by atoms with van der Waals surface area (Å²) in [6.45, 7) is 8.04. The fraction of sp³-hybridized carbons (Fsp3) is 0.462. The molecule has 1 fully saturated rings. The maximum atomic E-state index is 12.2. The minimum absolute atomic E-state index is 0.0459. The maximum Gasteiger partial charge on any atom is 0.340 e. The molecule has 0 aromatic carbocycles. The van der Waals surface area contributed by atoms with Gasteiger partial charge in [0.05, 0.1) is 16.6 Å². The lowest BCUT2D eigenvalue weighted by Crippen LogP contribution is -2.32. The lowest BCUT2D eigenvalue weighted by molar-refractivity contribution is 0.0234. The lowest BCUT2D eigenvalue weighted by atomic mass is 9.88. The molecule has 3 atom stereocenters. The van der Waals surface area contributed by atoms with Gasteiger partial charge in [-0.15, -0.1) is 0 Å². The van der Waals surface area contributed by atoms with Crippen LogP contribution in [0.4, 0.5) is 0 Å². The van der Waals surface area contributed by atoms with Crippen molar-refractivity contribution in [3.05, 3.63) is 58.8 Å². The van der Waals surface area contributed by atoms with Gasteiger partial charge in [0.2, 0.25) is 5.88 Å². The van der Waals surface area contributed by atoms with Gasteiger partial charge in [-0.25, -0.2) is 9.78 Å². The fourth-order valence-corrected chi connectivity index (χ4v) is 4.21. The number of cyclic esters (lactones) is 1. The molecule has 7 nitrogen and oxygen atoms in total. The van der Waals surface area contributed by atoms with Gasteiger partial charge in [0.1, 0.15) is 12.2 Å². The molecule has 0 radical (unpaired) electrons. The van der Waals surface area contributed by atoms with Crippen molar-refractivity contribution in [3.8, 4) is 5.88 Å². The minimum Gasteiger partial charge on any atom is -0.474 e. The highest BCUT2D eigenvalue weighted by Gasteiger charge is 2.32. The first-order chi connectivity index (χ1) is 15.8. The Bertz CT molecular complexity index is 1240. The van der Waals surface area contributed by atoms with Gasteiger partial charge >= 0.3 is 5.97 Å². The van der Waals surface area contributed by atoms with Crippen LogP contribution in [-0.4, -0.2) is 33.1 Å². The summed E-state index contributed by atoms with van der Waals surface area (Å²) < 4.78 is 11.5. The van der Waals surface area contributed by atoms with Crippen LogP contribution >= 0.6 is 0 Å². The zero-order chi connectivity index (χ0) is 23.3. The van der Waals surface area contributed by atoms with E-state index in [1.807, 2.05) is 45.3 Å². The Morgan fingerprint density at radius 3 is 2.67 bits per heavy atom. The number of ether oxygens (including phenoxy) is 2. The quantitative estimate of drug-likeness (QED) is 0.560. The SMILES string of the molecule is CC[C@](C)(N)c1cnc(OC2CC2)c2cnc(Cc3ccc4c(n3)[C@@H](C)[C@@H](C)OC4=O)cc12. The van der Waals surface area contributed by atoms with E-state index in [9.17, 15) is 4.79 Å². The third-order valence-electron chi connectivity index (χ3n) is 6.94. The third-order valence-corrected chi connectivity index (χ3v) is 6.94. The van der Waals surface area contributed by atoms with Crippen LogP contribution in [-0.2, 0) is 16.7 Å². The van der Waals surface area contributed by atoms with E-state index in [4.69, 9.17) is 25.2 Å². The summed E-state index contributed by atoms with van der Waals surface area (Å²) in [4.78, 5) is 26.3. The minimum atomic E-state index is -0.516. The summed E-state index contributed by atoms with van der Waals surface area (Å²) in [5, 5.41) is 1.90. The molecule has 2 aliphatic rings. The number of esters is 1. The van der Waals surface area contributed by atoms with E-state index in [-0.39, 0.29) is 24.1 Å². The summed E-state index contributed by atoms with van der Waals surface area (Å²) in [7, 11) is 0. The summed E-state index contributed by atoms with van der Waals surface area (Å²) in [5.74, 6) is 0.362. The summed E-state index contributed by atoms with van der Waals surface area (Å²) in [6.07, 6.45) is 7.20. The molecule has 0 saturated heterocycles. The highest BCUT2D eigenvalue weighted by Crippen LogP contribution is 2.36. The summed E-state index contributed by atoms with van der Waals surface area (Å²) in [5.41, 5.74) is 10.2.